The van der Waals surface area contributed by atoms with E-state index in [1.54, 1.807) is 31.5 Å². The van der Waals surface area contributed by atoms with E-state index in [1.165, 1.54) is 12.1 Å². The highest BCUT2D eigenvalue weighted by molar-refractivity contribution is 5.80. The van der Waals surface area contributed by atoms with Gasteiger partial charge in [0.05, 0.1) is 0 Å². The van der Waals surface area contributed by atoms with Crippen molar-refractivity contribution in [3.63, 3.8) is 0 Å². The number of nitrogens with zero attached hydrogens (tertiary/aromatic N) is 1. The van der Waals surface area contributed by atoms with Gasteiger partial charge in [-0.05, 0) is 25.5 Å². The summed E-state index contributed by atoms with van der Waals surface area (Å²) in [6.45, 7) is 2.11. The summed E-state index contributed by atoms with van der Waals surface area (Å²) in [4.78, 5) is 18.9. The molecule has 0 bridgehead atoms. The molecule has 0 saturated heterocycles. The van der Waals surface area contributed by atoms with Crippen LogP contribution in [0.5, 0.6) is 5.75 Å². The van der Waals surface area contributed by atoms with Gasteiger partial charge in [-0.25, -0.2) is 9.37 Å². The van der Waals surface area contributed by atoms with Crippen LogP contribution in [-0.2, 0) is 11.2 Å². The van der Waals surface area contributed by atoms with Crippen molar-refractivity contribution in [2.75, 3.05) is 6.54 Å². The molecule has 1 amide bonds. The predicted molar refractivity (Wildman–Crippen MR) is 76.4 cm³/mol. The Hall–Kier alpha value is -2.37. The molecule has 0 radical (unpaired) electrons. The van der Waals surface area contributed by atoms with Crippen molar-refractivity contribution >= 4 is 5.91 Å². The first-order chi connectivity index (χ1) is 10.2. The van der Waals surface area contributed by atoms with E-state index in [4.69, 9.17) is 4.74 Å². The van der Waals surface area contributed by atoms with Crippen LogP contribution in [0.25, 0.3) is 0 Å². The van der Waals surface area contributed by atoms with Crippen molar-refractivity contribution in [1.29, 1.82) is 0 Å². The maximum atomic E-state index is 13.4. The molecule has 2 rings (SSSR count). The molecule has 0 spiro atoms. The normalized spacial score (nSPS) is 11.9. The van der Waals surface area contributed by atoms with Crippen molar-refractivity contribution in [3.05, 3.63) is 48.3 Å². The number of amides is 1. The third kappa shape index (κ3) is 4.59. The van der Waals surface area contributed by atoms with E-state index in [9.17, 15) is 9.18 Å². The SMILES string of the molecule is CC(Oc1ccccc1F)C(=O)NCCCc1ncc[nH]1. The number of aryl methyl sites for hydroxylation is 1. The van der Waals surface area contributed by atoms with Gasteiger partial charge >= 0.3 is 0 Å². The summed E-state index contributed by atoms with van der Waals surface area (Å²) in [6.07, 6.45) is 4.24. The number of aromatic amines is 1. The lowest BCUT2D eigenvalue weighted by Crippen LogP contribution is -2.37. The van der Waals surface area contributed by atoms with Gasteiger partial charge in [0.15, 0.2) is 17.7 Å². The number of ether oxygens (including phenoxy) is 1. The van der Waals surface area contributed by atoms with E-state index in [0.29, 0.717) is 6.54 Å². The summed E-state index contributed by atoms with van der Waals surface area (Å²) >= 11 is 0. The molecule has 1 aromatic carbocycles. The Labute approximate surface area is 122 Å². The third-order valence-electron chi connectivity index (χ3n) is 2.95. The summed E-state index contributed by atoms with van der Waals surface area (Å²) in [6, 6.07) is 6.02. The average molecular weight is 291 g/mol. The number of hydrogen-bond donors (Lipinski definition) is 2. The molecule has 1 atom stereocenters. The van der Waals surface area contributed by atoms with Crippen LogP contribution in [0, 0.1) is 5.82 Å². The molecule has 21 heavy (non-hydrogen) atoms. The number of rotatable bonds is 7. The monoisotopic (exact) mass is 291 g/mol. The van der Waals surface area contributed by atoms with E-state index >= 15 is 0 Å². The second-order valence-corrected chi connectivity index (χ2v) is 4.62. The number of aromatic nitrogens is 2. The molecule has 2 N–H and O–H groups in total. The Bertz CT molecular complexity index is 572. The molecule has 1 heterocycles. The first-order valence-corrected chi connectivity index (χ1v) is 6.84. The lowest BCUT2D eigenvalue weighted by molar-refractivity contribution is -0.127. The molecular formula is C15H18FN3O2. The van der Waals surface area contributed by atoms with Gasteiger partial charge in [0, 0.05) is 25.4 Å². The highest BCUT2D eigenvalue weighted by Gasteiger charge is 2.15. The second-order valence-electron chi connectivity index (χ2n) is 4.62. The van der Waals surface area contributed by atoms with Gasteiger partial charge < -0.3 is 15.0 Å². The highest BCUT2D eigenvalue weighted by Crippen LogP contribution is 2.16. The molecule has 1 unspecified atom stereocenters. The first-order valence-electron chi connectivity index (χ1n) is 6.84. The van der Waals surface area contributed by atoms with E-state index in [1.807, 2.05) is 0 Å². The fourth-order valence-electron chi connectivity index (χ4n) is 1.83. The second kappa shape index (κ2) is 7.42. The topological polar surface area (TPSA) is 67.0 Å². The molecule has 2 aromatic rings. The molecule has 1 aromatic heterocycles. The predicted octanol–water partition coefficient (Wildman–Crippen LogP) is 2.07. The fourth-order valence-corrected chi connectivity index (χ4v) is 1.83. The van der Waals surface area contributed by atoms with Crippen LogP contribution in [0.3, 0.4) is 0 Å². The molecule has 5 nitrogen and oxygen atoms in total. The van der Waals surface area contributed by atoms with Crippen LogP contribution >= 0.6 is 0 Å². The number of benzene rings is 1. The molecule has 0 fully saturated rings. The third-order valence-corrected chi connectivity index (χ3v) is 2.95. The van der Waals surface area contributed by atoms with Crippen LogP contribution in [-0.4, -0.2) is 28.5 Å². The van der Waals surface area contributed by atoms with Crippen LogP contribution in [0.1, 0.15) is 19.2 Å². The number of carbonyl (C=O) groups excluding carboxylic acids is 1. The van der Waals surface area contributed by atoms with Gasteiger partial charge in [-0.2, -0.15) is 0 Å². The molecule has 0 aliphatic heterocycles. The number of halogens is 1. The number of hydrogen-bond acceptors (Lipinski definition) is 3. The average Bonchev–Trinajstić information content (AvgIpc) is 2.99. The molecule has 112 valence electrons. The molecular weight excluding hydrogens is 273 g/mol. The maximum Gasteiger partial charge on any atom is 0.260 e. The first kappa shape index (κ1) is 15.0. The molecule has 0 saturated carbocycles. The minimum absolute atomic E-state index is 0.0794. The van der Waals surface area contributed by atoms with Gasteiger partial charge in [-0.3, -0.25) is 4.79 Å². The van der Waals surface area contributed by atoms with Gasteiger partial charge in [0.1, 0.15) is 5.82 Å². The van der Waals surface area contributed by atoms with E-state index < -0.39 is 11.9 Å². The number of carbonyl (C=O) groups is 1. The summed E-state index contributed by atoms with van der Waals surface area (Å²) in [5.41, 5.74) is 0. The van der Waals surface area contributed by atoms with Crippen molar-refractivity contribution in [2.45, 2.75) is 25.9 Å². The quantitative estimate of drug-likeness (QED) is 0.767. The van der Waals surface area contributed by atoms with Gasteiger partial charge in [-0.15, -0.1) is 0 Å². The summed E-state index contributed by atoms with van der Waals surface area (Å²) in [7, 11) is 0. The lowest BCUT2D eigenvalue weighted by atomic mass is 10.3. The molecule has 0 aliphatic carbocycles. The zero-order valence-corrected chi connectivity index (χ0v) is 11.8. The van der Waals surface area contributed by atoms with E-state index in [-0.39, 0.29) is 11.7 Å². The van der Waals surface area contributed by atoms with Crippen LogP contribution in [0.4, 0.5) is 4.39 Å². The minimum Gasteiger partial charge on any atom is -0.478 e. The fraction of sp³-hybridized carbons (Fsp3) is 0.333. The van der Waals surface area contributed by atoms with Crippen LogP contribution in [0.15, 0.2) is 36.7 Å². The van der Waals surface area contributed by atoms with E-state index in [0.717, 1.165) is 18.7 Å². The Kier molecular flexibility index (Phi) is 5.31. The standard InChI is InChI=1S/C15H18FN3O2/c1-11(21-13-6-3-2-5-12(13)16)15(20)19-8-4-7-14-17-9-10-18-14/h2-3,5-6,9-11H,4,7-8H2,1H3,(H,17,18)(H,19,20). The van der Waals surface area contributed by atoms with Gasteiger partial charge in [0.25, 0.3) is 5.91 Å². The van der Waals surface area contributed by atoms with Gasteiger partial charge in [-0.1, -0.05) is 12.1 Å². The summed E-state index contributed by atoms with van der Waals surface area (Å²) in [5.74, 6) is 0.225. The molecule has 6 heteroatoms. The maximum absolute atomic E-state index is 13.4. The largest absolute Gasteiger partial charge is 0.478 e. The summed E-state index contributed by atoms with van der Waals surface area (Å²) < 4.78 is 18.7. The number of nitrogens with one attached hydrogen (secondary N) is 2. The number of imidazole rings is 1. The highest BCUT2D eigenvalue weighted by atomic mass is 19.1. The zero-order chi connectivity index (χ0) is 15.1. The van der Waals surface area contributed by atoms with Crippen molar-refractivity contribution in [1.82, 2.24) is 15.3 Å². The molecule has 0 aliphatic rings. The Morgan fingerprint density at radius 2 is 2.29 bits per heavy atom. The van der Waals surface area contributed by atoms with Crippen LogP contribution < -0.4 is 10.1 Å². The number of H-pyrrole nitrogens is 1. The van der Waals surface area contributed by atoms with Crippen molar-refractivity contribution in [2.24, 2.45) is 0 Å². The van der Waals surface area contributed by atoms with Crippen LogP contribution in [0.2, 0.25) is 0 Å². The minimum atomic E-state index is -0.745. The number of para-hydroxylation sites is 1. The Morgan fingerprint density at radius 1 is 1.48 bits per heavy atom. The Morgan fingerprint density at radius 3 is 3.00 bits per heavy atom. The smallest absolute Gasteiger partial charge is 0.260 e. The van der Waals surface area contributed by atoms with E-state index in [2.05, 4.69) is 15.3 Å². The van der Waals surface area contributed by atoms with Crippen molar-refractivity contribution in [3.8, 4) is 5.75 Å². The summed E-state index contributed by atoms with van der Waals surface area (Å²) in [5, 5.41) is 2.76. The lowest BCUT2D eigenvalue weighted by Gasteiger charge is -2.15. The zero-order valence-electron chi connectivity index (χ0n) is 11.8. The Balaban J connectivity index is 1.71. The van der Waals surface area contributed by atoms with Gasteiger partial charge in [0.2, 0.25) is 0 Å². The van der Waals surface area contributed by atoms with Crippen molar-refractivity contribution < 1.29 is 13.9 Å².